The summed E-state index contributed by atoms with van der Waals surface area (Å²) in [5.41, 5.74) is 10.4. The van der Waals surface area contributed by atoms with Crippen molar-refractivity contribution in [3.63, 3.8) is 0 Å². The highest BCUT2D eigenvalue weighted by atomic mass is 19.1. The highest BCUT2D eigenvalue weighted by molar-refractivity contribution is 5.79. The quantitative estimate of drug-likeness (QED) is 0.731. The van der Waals surface area contributed by atoms with Gasteiger partial charge in [-0.3, -0.25) is 0 Å². The largest absolute Gasteiger partial charge is 0.383 e. The lowest BCUT2D eigenvalue weighted by molar-refractivity contribution is 0.557. The molecule has 4 heteroatoms. The highest BCUT2D eigenvalue weighted by Crippen LogP contribution is 2.34. The second-order valence-electron chi connectivity index (χ2n) is 7.12. The first-order chi connectivity index (χ1) is 12.7. The molecule has 136 valence electrons. The van der Waals surface area contributed by atoms with E-state index in [0.717, 1.165) is 48.1 Å². The van der Waals surface area contributed by atoms with Gasteiger partial charge >= 0.3 is 0 Å². The monoisotopic (exact) mass is 351 g/mol. The van der Waals surface area contributed by atoms with Crippen molar-refractivity contribution in [1.29, 1.82) is 5.26 Å². The van der Waals surface area contributed by atoms with E-state index in [4.69, 9.17) is 5.73 Å². The molecule has 0 spiro atoms. The Bertz CT molecular complexity index is 791. The van der Waals surface area contributed by atoms with Gasteiger partial charge in [0.2, 0.25) is 0 Å². The molecule has 1 heterocycles. The Labute approximate surface area is 155 Å². The fourth-order valence-corrected chi connectivity index (χ4v) is 3.87. The Balaban J connectivity index is 2.10. The predicted octanol–water partition coefficient (Wildman–Crippen LogP) is 5.56. The van der Waals surface area contributed by atoms with Gasteiger partial charge in [0.15, 0.2) is 0 Å². The van der Waals surface area contributed by atoms with Gasteiger partial charge in [-0.25, -0.2) is 9.37 Å². The zero-order valence-electron chi connectivity index (χ0n) is 15.2. The van der Waals surface area contributed by atoms with Crippen LogP contribution in [0.25, 0.3) is 11.1 Å². The van der Waals surface area contributed by atoms with Crippen LogP contribution in [0.4, 0.5) is 10.2 Å². The van der Waals surface area contributed by atoms with Crippen molar-refractivity contribution in [2.45, 2.75) is 64.2 Å². The van der Waals surface area contributed by atoms with Crippen molar-refractivity contribution < 1.29 is 4.39 Å². The maximum Gasteiger partial charge on any atom is 0.142 e. The number of anilines is 1. The molecule has 0 unspecified atom stereocenters. The number of nitrogens with zero attached hydrogens (tertiary/aromatic N) is 2. The van der Waals surface area contributed by atoms with Crippen molar-refractivity contribution in [2.75, 3.05) is 5.73 Å². The van der Waals surface area contributed by atoms with Crippen molar-refractivity contribution in [2.24, 2.45) is 0 Å². The van der Waals surface area contributed by atoms with Crippen LogP contribution >= 0.6 is 0 Å². The fraction of sp³-hybridized carbons (Fsp3) is 0.455. The molecule has 0 radical (unpaired) electrons. The molecule has 0 saturated carbocycles. The number of hydrogen-bond acceptors (Lipinski definition) is 3. The van der Waals surface area contributed by atoms with E-state index >= 15 is 0 Å². The minimum Gasteiger partial charge on any atom is -0.383 e. The van der Waals surface area contributed by atoms with Gasteiger partial charge in [-0.05, 0) is 48.9 Å². The number of aromatic nitrogens is 1. The minimum atomic E-state index is -0.279. The predicted molar refractivity (Wildman–Crippen MR) is 103 cm³/mol. The zero-order chi connectivity index (χ0) is 18.4. The van der Waals surface area contributed by atoms with Crippen LogP contribution in [0, 0.1) is 17.1 Å². The number of nitrogen functional groups attached to an aromatic ring is 1. The number of rotatable bonds is 1. The number of pyridine rings is 1. The smallest absolute Gasteiger partial charge is 0.142 e. The molecule has 2 aromatic rings. The number of halogens is 1. The number of hydrogen-bond donors (Lipinski definition) is 1. The van der Waals surface area contributed by atoms with Gasteiger partial charge in [-0.1, -0.05) is 50.7 Å². The molecule has 1 aliphatic rings. The van der Waals surface area contributed by atoms with Crippen LogP contribution < -0.4 is 5.73 Å². The molecule has 2 N–H and O–H groups in total. The molecule has 0 saturated heterocycles. The Kier molecular flexibility index (Phi) is 6.22. The standard InChI is InChI=1S/C22H26FN3/c23-17-13-11-16(12-14-17)21-18-9-7-5-3-1-2-4-6-8-10-20(18)26-22(25)19(21)15-24/h11-14H,1-10H2,(H2,25,26). The van der Waals surface area contributed by atoms with E-state index < -0.39 is 0 Å². The van der Waals surface area contributed by atoms with Crippen molar-refractivity contribution in [1.82, 2.24) is 4.98 Å². The SMILES string of the molecule is N#Cc1c(N)nc2c(c1-c1ccc(F)cc1)CCCCCCCCCC2. The summed E-state index contributed by atoms with van der Waals surface area (Å²) in [7, 11) is 0. The molecule has 3 rings (SSSR count). The van der Waals surface area contributed by atoms with Crippen LogP contribution in [0.5, 0.6) is 0 Å². The lowest BCUT2D eigenvalue weighted by Crippen LogP contribution is -2.09. The number of fused-ring (bicyclic) bond motifs is 1. The fourth-order valence-electron chi connectivity index (χ4n) is 3.87. The molecular formula is C22H26FN3. The van der Waals surface area contributed by atoms with Gasteiger partial charge in [0.1, 0.15) is 23.3 Å². The molecule has 0 bridgehead atoms. The molecule has 1 aromatic heterocycles. The summed E-state index contributed by atoms with van der Waals surface area (Å²) in [6.07, 6.45) is 11.5. The molecule has 1 aromatic carbocycles. The summed E-state index contributed by atoms with van der Waals surface area (Å²) in [5, 5.41) is 9.68. The summed E-state index contributed by atoms with van der Waals surface area (Å²) in [4.78, 5) is 4.60. The zero-order valence-corrected chi connectivity index (χ0v) is 15.2. The normalized spacial score (nSPS) is 16.0. The maximum absolute atomic E-state index is 13.4. The summed E-state index contributed by atoms with van der Waals surface area (Å²) < 4.78 is 13.4. The van der Waals surface area contributed by atoms with Gasteiger partial charge in [0.25, 0.3) is 0 Å². The first-order valence-electron chi connectivity index (χ1n) is 9.68. The van der Waals surface area contributed by atoms with Gasteiger partial charge < -0.3 is 5.73 Å². The second kappa shape index (κ2) is 8.80. The highest BCUT2D eigenvalue weighted by Gasteiger charge is 2.20. The van der Waals surface area contributed by atoms with Gasteiger partial charge in [0.05, 0.1) is 0 Å². The van der Waals surface area contributed by atoms with E-state index in [1.54, 1.807) is 12.1 Å². The van der Waals surface area contributed by atoms with E-state index in [1.165, 1.54) is 50.7 Å². The van der Waals surface area contributed by atoms with Crippen molar-refractivity contribution in [3.05, 3.63) is 46.9 Å². The first-order valence-corrected chi connectivity index (χ1v) is 9.68. The average molecular weight is 351 g/mol. The molecule has 0 fully saturated rings. The minimum absolute atomic E-state index is 0.279. The Morgan fingerprint density at radius 2 is 1.46 bits per heavy atom. The van der Waals surface area contributed by atoms with E-state index in [-0.39, 0.29) is 11.6 Å². The number of benzene rings is 1. The van der Waals surface area contributed by atoms with E-state index in [2.05, 4.69) is 11.1 Å². The van der Waals surface area contributed by atoms with Gasteiger partial charge in [-0.15, -0.1) is 0 Å². The third-order valence-corrected chi connectivity index (χ3v) is 5.25. The second-order valence-corrected chi connectivity index (χ2v) is 7.12. The molecule has 0 atom stereocenters. The molecule has 26 heavy (non-hydrogen) atoms. The maximum atomic E-state index is 13.4. The molecule has 0 aliphatic heterocycles. The summed E-state index contributed by atoms with van der Waals surface area (Å²) in [5.74, 6) is 0.0101. The third-order valence-electron chi connectivity index (χ3n) is 5.25. The van der Waals surface area contributed by atoms with Gasteiger partial charge in [-0.2, -0.15) is 5.26 Å². The summed E-state index contributed by atoms with van der Waals surface area (Å²) >= 11 is 0. The molecular weight excluding hydrogens is 325 g/mol. The van der Waals surface area contributed by atoms with E-state index in [9.17, 15) is 9.65 Å². The van der Waals surface area contributed by atoms with Crippen molar-refractivity contribution in [3.8, 4) is 17.2 Å². The van der Waals surface area contributed by atoms with Crippen LogP contribution in [-0.4, -0.2) is 4.98 Å². The van der Waals surface area contributed by atoms with Crippen molar-refractivity contribution >= 4 is 5.82 Å². The first kappa shape index (κ1) is 18.4. The number of nitrogens with two attached hydrogens (primary N) is 1. The average Bonchev–Trinajstić information content (AvgIpc) is 2.63. The lowest BCUT2D eigenvalue weighted by atomic mass is 9.89. The Morgan fingerprint density at radius 1 is 0.885 bits per heavy atom. The van der Waals surface area contributed by atoms with Gasteiger partial charge in [0, 0.05) is 11.3 Å². The summed E-state index contributed by atoms with van der Waals surface area (Å²) in [6, 6.07) is 8.59. The Morgan fingerprint density at radius 3 is 2.08 bits per heavy atom. The number of aryl methyl sites for hydroxylation is 1. The lowest BCUT2D eigenvalue weighted by Gasteiger charge is -2.18. The van der Waals surface area contributed by atoms with Crippen LogP contribution in [0.15, 0.2) is 24.3 Å². The topological polar surface area (TPSA) is 62.7 Å². The van der Waals surface area contributed by atoms with E-state index in [0.29, 0.717) is 5.56 Å². The number of nitriles is 1. The van der Waals surface area contributed by atoms with Crippen LogP contribution in [0.2, 0.25) is 0 Å². The summed E-state index contributed by atoms with van der Waals surface area (Å²) in [6.45, 7) is 0. The van der Waals surface area contributed by atoms with Crippen LogP contribution in [-0.2, 0) is 12.8 Å². The molecule has 0 amide bonds. The molecule has 1 aliphatic carbocycles. The van der Waals surface area contributed by atoms with Crippen LogP contribution in [0.3, 0.4) is 0 Å². The molecule has 3 nitrogen and oxygen atoms in total. The Hall–Kier alpha value is -2.41. The third kappa shape index (κ3) is 4.22. The van der Waals surface area contributed by atoms with E-state index in [1.807, 2.05) is 0 Å². The van der Waals surface area contributed by atoms with Crippen LogP contribution in [0.1, 0.15) is 68.2 Å².